The molecule has 6 aromatic carbocycles. The van der Waals surface area contributed by atoms with E-state index in [2.05, 4.69) is 195 Å². The van der Waals surface area contributed by atoms with E-state index in [-0.39, 0.29) is 0 Å². The first-order valence-electron chi connectivity index (χ1n) is 17.8. The summed E-state index contributed by atoms with van der Waals surface area (Å²) < 4.78 is 0. The predicted octanol–water partition coefficient (Wildman–Crippen LogP) is 14.2. The van der Waals surface area contributed by atoms with Crippen molar-refractivity contribution >= 4 is 54.8 Å². The summed E-state index contributed by atoms with van der Waals surface area (Å²) in [5.41, 5.74) is 16.1. The summed E-state index contributed by atoms with van der Waals surface area (Å²) in [6.45, 7) is 12.1. The van der Waals surface area contributed by atoms with Crippen LogP contribution in [0.1, 0.15) is 25.0 Å². The highest BCUT2D eigenvalue weighted by atomic mass is 14.7. The van der Waals surface area contributed by atoms with Crippen molar-refractivity contribution in [1.82, 2.24) is 9.97 Å². The van der Waals surface area contributed by atoms with Crippen LogP contribution in [0.5, 0.6) is 0 Å². The average molecular weight is 669 g/mol. The Kier molecular flexibility index (Phi) is 8.73. The first kappa shape index (κ1) is 32.6. The predicted molar refractivity (Wildman–Crippen MR) is 227 cm³/mol. The van der Waals surface area contributed by atoms with Gasteiger partial charge in [-0.1, -0.05) is 135 Å². The summed E-state index contributed by atoms with van der Waals surface area (Å²) in [6.07, 6.45) is 16.4. The van der Waals surface area contributed by atoms with Gasteiger partial charge in [0.2, 0.25) is 0 Å². The van der Waals surface area contributed by atoms with Crippen LogP contribution in [0.2, 0.25) is 0 Å². The fourth-order valence-corrected chi connectivity index (χ4v) is 7.49. The molecule has 0 radical (unpaired) electrons. The van der Waals surface area contributed by atoms with E-state index in [1.165, 1.54) is 54.9 Å². The molecule has 0 spiro atoms. The van der Waals surface area contributed by atoms with Crippen LogP contribution in [0.25, 0.3) is 88.1 Å². The van der Waals surface area contributed by atoms with E-state index in [1.807, 2.05) is 12.2 Å². The number of benzene rings is 6. The molecule has 8 rings (SSSR count). The van der Waals surface area contributed by atoms with Gasteiger partial charge < -0.3 is 9.97 Å². The lowest BCUT2D eigenvalue weighted by atomic mass is 9.93. The van der Waals surface area contributed by atoms with Gasteiger partial charge in [0, 0.05) is 43.7 Å². The molecule has 2 N–H and O–H groups in total. The highest BCUT2D eigenvalue weighted by Gasteiger charge is 2.17. The lowest BCUT2D eigenvalue weighted by Crippen LogP contribution is -1.87. The maximum absolute atomic E-state index is 4.01. The molecule has 8 aromatic rings. The van der Waals surface area contributed by atoms with E-state index in [0.29, 0.717) is 0 Å². The molecule has 52 heavy (non-hydrogen) atoms. The minimum Gasteiger partial charge on any atom is -0.354 e. The average Bonchev–Trinajstić information content (AvgIpc) is 3.75. The quantitative estimate of drug-likeness (QED) is 0.144. The monoisotopic (exact) mass is 668 g/mol. The molecule has 250 valence electrons. The third kappa shape index (κ3) is 5.85. The lowest BCUT2D eigenvalue weighted by molar-refractivity contribution is 1.51. The number of allylic oxidation sites excluding steroid dienone is 10. The van der Waals surface area contributed by atoms with Gasteiger partial charge >= 0.3 is 0 Å². The Hall–Kier alpha value is -6.64. The maximum atomic E-state index is 4.01. The molecule has 0 aliphatic rings. The second-order valence-electron chi connectivity index (χ2n) is 13.1. The van der Waals surface area contributed by atoms with Crippen molar-refractivity contribution in [2.75, 3.05) is 0 Å². The lowest BCUT2D eigenvalue weighted by Gasteiger charge is -2.10. The topological polar surface area (TPSA) is 31.6 Å². The third-order valence-electron chi connectivity index (χ3n) is 9.87. The zero-order valence-electron chi connectivity index (χ0n) is 29.6. The molecule has 0 unspecified atom stereocenters. The van der Waals surface area contributed by atoms with Crippen molar-refractivity contribution in [1.29, 1.82) is 0 Å². The smallest absolute Gasteiger partial charge is 0.0544 e. The van der Waals surface area contributed by atoms with Gasteiger partial charge in [-0.05, 0) is 107 Å². The van der Waals surface area contributed by atoms with Crippen molar-refractivity contribution in [2.45, 2.75) is 13.8 Å². The van der Waals surface area contributed by atoms with Crippen molar-refractivity contribution in [3.63, 3.8) is 0 Å². The molecule has 0 amide bonds. The molecular formula is C50H40N2. The second kappa shape index (κ2) is 13.9. The van der Waals surface area contributed by atoms with Gasteiger partial charge in [0.25, 0.3) is 0 Å². The summed E-state index contributed by atoms with van der Waals surface area (Å²) in [5.74, 6) is 0. The third-order valence-corrected chi connectivity index (χ3v) is 9.87. The van der Waals surface area contributed by atoms with Crippen LogP contribution in [0.3, 0.4) is 0 Å². The van der Waals surface area contributed by atoms with Crippen molar-refractivity contribution in [3.8, 4) is 33.4 Å². The first-order valence-corrected chi connectivity index (χ1v) is 17.8. The molecule has 2 nitrogen and oxygen atoms in total. The Morgan fingerprint density at radius 3 is 1.63 bits per heavy atom. The van der Waals surface area contributed by atoms with Crippen LogP contribution in [-0.4, -0.2) is 9.97 Å². The number of nitrogens with one attached hydrogen (secondary N) is 2. The van der Waals surface area contributed by atoms with E-state index in [1.54, 1.807) is 0 Å². The highest BCUT2D eigenvalue weighted by molar-refractivity contribution is 6.16. The summed E-state index contributed by atoms with van der Waals surface area (Å²) in [7, 11) is 0. The van der Waals surface area contributed by atoms with E-state index >= 15 is 0 Å². The summed E-state index contributed by atoms with van der Waals surface area (Å²) in [6, 6.07) is 44.1. The number of aromatic amines is 2. The molecule has 0 atom stereocenters. The Balaban J connectivity index is 1.34. The number of aromatic nitrogens is 2. The Bertz CT molecular complexity index is 2750. The SMILES string of the molecule is C=C/C=C(\C=C/C)c1cc(-c2ccccc2)c2[nH]c3ccc(-c4ccc5[nH]c6c(C(/C=C\C)=C/C=C)cc(-c7ccccc7)cc6c5c4)cc3c2c1. The number of fused-ring (bicyclic) bond motifs is 6. The number of hydrogen-bond acceptors (Lipinski definition) is 0. The van der Waals surface area contributed by atoms with Gasteiger partial charge in [-0.2, -0.15) is 0 Å². The zero-order valence-corrected chi connectivity index (χ0v) is 29.6. The van der Waals surface area contributed by atoms with E-state index < -0.39 is 0 Å². The Labute approximate surface area is 305 Å². The standard InChI is InChI=1S/C50H40N2/c1-5-15-33(16-6-2)39-29-42(36-21-13-10-14-22-36)50-45(31-39)43-27-37(24-26-48(43)52-50)38-23-25-47-44(28-38)46-32-40(34-19-11-9-12-20-34)30-41(49(46)51-47)35(17-7-3)18-8-4/h5-32,51-52H,1,3H2,2,4H3/b16-6-,18-8-,33-15+,35-17+. The molecule has 2 heteroatoms. The molecule has 2 heterocycles. The van der Waals surface area contributed by atoms with Gasteiger partial charge in [0.05, 0.1) is 11.0 Å². The summed E-state index contributed by atoms with van der Waals surface area (Å²) >= 11 is 0. The fourth-order valence-electron chi connectivity index (χ4n) is 7.49. The highest BCUT2D eigenvalue weighted by Crippen LogP contribution is 2.40. The number of hydrogen-bond donors (Lipinski definition) is 2. The fraction of sp³-hybridized carbons (Fsp3) is 0.0400. The van der Waals surface area contributed by atoms with E-state index in [9.17, 15) is 0 Å². The molecular weight excluding hydrogens is 629 g/mol. The zero-order chi connectivity index (χ0) is 35.6. The van der Waals surface area contributed by atoms with Crippen LogP contribution in [-0.2, 0) is 0 Å². The largest absolute Gasteiger partial charge is 0.354 e. The summed E-state index contributed by atoms with van der Waals surface area (Å²) in [5, 5.41) is 4.79. The number of rotatable bonds is 9. The Morgan fingerprint density at radius 2 is 1.02 bits per heavy atom. The van der Waals surface area contributed by atoms with Crippen LogP contribution in [0, 0.1) is 0 Å². The molecule has 0 bridgehead atoms. The van der Waals surface area contributed by atoms with Crippen molar-refractivity contribution in [3.05, 3.63) is 194 Å². The molecule has 0 aliphatic carbocycles. The van der Waals surface area contributed by atoms with Gasteiger partial charge in [-0.25, -0.2) is 0 Å². The minimum absolute atomic E-state index is 1.11. The van der Waals surface area contributed by atoms with E-state index in [0.717, 1.165) is 44.3 Å². The van der Waals surface area contributed by atoms with Gasteiger partial charge in [-0.15, -0.1) is 0 Å². The van der Waals surface area contributed by atoms with Gasteiger partial charge in [-0.3, -0.25) is 0 Å². The molecule has 0 fully saturated rings. The Morgan fingerprint density at radius 1 is 0.481 bits per heavy atom. The van der Waals surface area contributed by atoms with Gasteiger partial charge in [0.15, 0.2) is 0 Å². The molecule has 0 saturated heterocycles. The minimum atomic E-state index is 1.11. The van der Waals surface area contributed by atoms with Crippen molar-refractivity contribution < 1.29 is 0 Å². The maximum Gasteiger partial charge on any atom is 0.0544 e. The second-order valence-corrected chi connectivity index (χ2v) is 13.1. The van der Waals surface area contributed by atoms with Gasteiger partial charge in [0.1, 0.15) is 0 Å². The molecule has 0 aliphatic heterocycles. The molecule has 0 saturated carbocycles. The normalized spacial score (nSPS) is 12.7. The van der Waals surface area contributed by atoms with Crippen molar-refractivity contribution in [2.24, 2.45) is 0 Å². The number of H-pyrrole nitrogens is 2. The molecule has 2 aromatic heterocycles. The van der Waals surface area contributed by atoms with E-state index in [4.69, 9.17) is 0 Å². The summed E-state index contributed by atoms with van der Waals surface area (Å²) in [4.78, 5) is 7.56. The van der Waals surface area contributed by atoms with Crippen LogP contribution >= 0.6 is 0 Å². The van der Waals surface area contributed by atoms with Crippen LogP contribution in [0.15, 0.2) is 183 Å². The van der Waals surface area contributed by atoms with Crippen LogP contribution < -0.4 is 0 Å². The van der Waals surface area contributed by atoms with Crippen LogP contribution in [0.4, 0.5) is 0 Å². The first-order chi connectivity index (χ1) is 25.6.